The van der Waals surface area contributed by atoms with Crippen molar-refractivity contribution >= 4 is 30.0 Å². The molecule has 4 bridgehead atoms. The number of amides is 4. The number of carbonyl (C=O) groups is 5. The second-order valence-electron chi connectivity index (χ2n) is 14.2. The molecule has 0 saturated carbocycles. The van der Waals surface area contributed by atoms with Gasteiger partial charge < -0.3 is 55.0 Å². The molecule has 1 aliphatic heterocycles. The fourth-order valence-corrected chi connectivity index (χ4v) is 5.29. The van der Waals surface area contributed by atoms with Gasteiger partial charge in [-0.1, -0.05) is 6.07 Å². The minimum absolute atomic E-state index is 0.00884. The zero-order chi connectivity index (χ0) is 39.5. The highest BCUT2D eigenvalue weighted by molar-refractivity contribution is 5.93. The summed E-state index contributed by atoms with van der Waals surface area (Å²) in [6.45, 7) is 12.3. The van der Waals surface area contributed by atoms with Crippen molar-refractivity contribution in [3.63, 3.8) is 0 Å². The van der Waals surface area contributed by atoms with Crippen molar-refractivity contribution in [3.05, 3.63) is 41.5 Å². The molecule has 16 heteroatoms. The van der Waals surface area contributed by atoms with Gasteiger partial charge in [0.1, 0.15) is 48.3 Å². The maximum absolute atomic E-state index is 13.5. The molecular weight excluding hydrogens is 690 g/mol. The van der Waals surface area contributed by atoms with Crippen LogP contribution in [0.3, 0.4) is 0 Å². The summed E-state index contributed by atoms with van der Waals surface area (Å²) in [6, 6.07) is 5.53. The third-order valence-corrected chi connectivity index (χ3v) is 7.55. The molecule has 1 heterocycles. The molecular formula is C37H53N5O11. The highest BCUT2D eigenvalue weighted by Gasteiger charge is 2.30. The minimum Gasteiger partial charge on any atom is -0.492 e. The molecule has 2 aromatic carbocycles. The van der Waals surface area contributed by atoms with Gasteiger partial charge in [0.25, 0.3) is 0 Å². The molecule has 4 amide bonds. The van der Waals surface area contributed by atoms with E-state index >= 15 is 0 Å². The SMILES string of the molecule is CN[C@@H]1C(=O)N[C@@H](C)C(=O)N[C@H](C(=O)OC)Cc2cc(OCCNC(=O)OC(C)(C)C)c(OC)c(c2)-c2cc1ccc2OCCNC(=O)OC(C)(C)C. The lowest BCUT2D eigenvalue weighted by Crippen LogP contribution is -2.52. The monoisotopic (exact) mass is 743 g/mol. The number of rotatable bonds is 11. The summed E-state index contributed by atoms with van der Waals surface area (Å²) in [5.41, 5.74) is 0.681. The smallest absolute Gasteiger partial charge is 0.407 e. The first-order chi connectivity index (χ1) is 24.8. The Morgan fingerprint density at radius 3 is 1.91 bits per heavy atom. The van der Waals surface area contributed by atoms with Gasteiger partial charge >= 0.3 is 18.2 Å². The molecule has 3 rings (SSSR count). The predicted octanol–water partition coefficient (Wildman–Crippen LogP) is 3.15. The van der Waals surface area contributed by atoms with E-state index < -0.39 is 59.3 Å². The number of benzene rings is 2. The fourth-order valence-electron chi connectivity index (χ4n) is 5.29. The Morgan fingerprint density at radius 1 is 0.792 bits per heavy atom. The number of hydrogen-bond acceptors (Lipinski definition) is 12. The van der Waals surface area contributed by atoms with Gasteiger partial charge in [0, 0.05) is 17.5 Å². The maximum atomic E-state index is 13.5. The molecule has 1 aliphatic rings. The Bertz CT molecular complexity index is 1630. The number of alkyl carbamates (subject to hydrolysis) is 2. The lowest BCUT2D eigenvalue weighted by molar-refractivity contribution is -0.145. The summed E-state index contributed by atoms with van der Waals surface area (Å²) in [4.78, 5) is 64.2. The first kappa shape index (κ1) is 42.2. The molecule has 0 aliphatic carbocycles. The molecule has 53 heavy (non-hydrogen) atoms. The molecule has 3 atom stereocenters. The Morgan fingerprint density at radius 2 is 1.38 bits per heavy atom. The van der Waals surface area contributed by atoms with Gasteiger partial charge in [-0.2, -0.15) is 0 Å². The number of ether oxygens (including phenoxy) is 6. The van der Waals surface area contributed by atoms with E-state index in [1.54, 1.807) is 78.9 Å². The Hall–Kier alpha value is -5.25. The topological polar surface area (TPSA) is 201 Å². The van der Waals surface area contributed by atoms with Crippen LogP contribution in [-0.2, 0) is 35.0 Å². The number of methoxy groups -OCH3 is 2. The average molecular weight is 744 g/mol. The van der Waals surface area contributed by atoms with Gasteiger partial charge in [-0.15, -0.1) is 0 Å². The molecule has 0 spiro atoms. The normalized spacial score (nSPS) is 17.6. The number of carbonyl (C=O) groups excluding carboxylic acids is 5. The molecule has 0 radical (unpaired) electrons. The highest BCUT2D eigenvalue weighted by Crippen LogP contribution is 2.44. The zero-order valence-electron chi connectivity index (χ0n) is 32.1. The lowest BCUT2D eigenvalue weighted by Gasteiger charge is -2.25. The van der Waals surface area contributed by atoms with Crippen LogP contribution in [0.2, 0.25) is 0 Å². The van der Waals surface area contributed by atoms with Crippen LogP contribution in [0.15, 0.2) is 30.3 Å². The van der Waals surface area contributed by atoms with Crippen LogP contribution in [0, 0.1) is 0 Å². The van der Waals surface area contributed by atoms with E-state index in [4.69, 9.17) is 28.4 Å². The van der Waals surface area contributed by atoms with E-state index in [1.165, 1.54) is 21.1 Å². The molecule has 0 saturated heterocycles. The Labute approximate surface area is 310 Å². The second-order valence-corrected chi connectivity index (χ2v) is 14.2. The van der Waals surface area contributed by atoms with Crippen molar-refractivity contribution in [1.82, 2.24) is 26.6 Å². The standard InChI is InChI=1S/C37H53N5O11/c1-21-31(43)42-26(33(45)49-10)18-22-17-25(30(48-9)28(19-22)51-16-14-40-35(47)53-37(5,6)7)24-20-23(29(38-8)32(44)41-21)11-12-27(24)50-15-13-39-34(46)52-36(2,3)4/h11-12,17,19-21,26,29,38H,13-16,18H2,1-10H3,(H,39,46)(H,40,47)(H,41,44)(H,42,43)/t21-,26-,29-/m0/s1. The van der Waals surface area contributed by atoms with Crippen molar-refractivity contribution in [1.29, 1.82) is 0 Å². The van der Waals surface area contributed by atoms with Crippen LogP contribution < -0.4 is 40.8 Å². The van der Waals surface area contributed by atoms with Gasteiger partial charge in [-0.3, -0.25) is 9.59 Å². The van der Waals surface area contributed by atoms with Crippen LogP contribution in [0.4, 0.5) is 9.59 Å². The first-order valence-electron chi connectivity index (χ1n) is 17.3. The van der Waals surface area contributed by atoms with Gasteiger partial charge in [-0.05, 0) is 90.9 Å². The number of esters is 1. The third-order valence-electron chi connectivity index (χ3n) is 7.55. The van der Waals surface area contributed by atoms with E-state index in [-0.39, 0.29) is 44.2 Å². The number of nitrogens with one attached hydrogen (secondary N) is 5. The summed E-state index contributed by atoms with van der Waals surface area (Å²) in [7, 11) is 4.28. The van der Waals surface area contributed by atoms with Crippen LogP contribution in [-0.4, -0.2) is 101 Å². The van der Waals surface area contributed by atoms with Crippen LogP contribution in [0.5, 0.6) is 17.2 Å². The van der Waals surface area contributed by atoms with Crippen molar-refractivity contribution in [3.8, 4) is 28.4 Å². The van der Waals surface area contributed by atoms with Crippen molar-refractivity contribution < 1.29 is 52.4 Å². The van der Waals surface area contributed by atoms with E-state index in [1.807, 2.05) is 0 Å². The molecule has 0 unspecified atom stereocenters. The van der Waals surface area contributed by atoms with E-state index in [9.17, 15) is 24.0 Å². The summed E-state index contributed by atoms with van der Waals surface area (Å²) in [6.07, 6.45) is -1.24. The van der Waals surface area contributed by atoms with Crippen LogP contribution >= 0.6 is 0 Å². The van der Waals surface area contributed by atoms with Crippen LogP contribution in [0.25, 0.3) is 11.1 Å². The quantitative estimate of drug-likeness (QED) is 0.128. The molecule has 2 aromatic rings. The van der Waals surface area contributed by atoms with E-state index in [2.05, 4.69) is 26.6 Å². The molecule has 292 valence electrons. The Kier molecular flexibility index (Phi) is 14.7. The molecule has 5 N–H and O–H groups in total. The summed E-state index contributed by atoms with van der Waals surface area (Å²) >= 11 is 0. The lowest BCUT2D eigenvalue weighted by atomic mass is 9.93. The molecule has 16 nitrogen and oxygen atoms in total. The minimum atomic E-state index is -1.14. The van der Waals surface area contributed by atoms with Gasteiger partial charge in [0.2, 0.25) is 11.8 Å². The number of fused-ring (bicyclic) bond motifs is 5. The largest absolute Gasteiger partial charge is 0.492 e. The number of likely N-dealkylation sites (N-methyl/N-ethyl adjacent to an activating group) is 1. The number of hydrogen-bond donors (Lipinski definition) is 5. The molecule has 0 aromatic heterocycles. The van der Waals surface area contributed by atoms with E-state index in [0.29, 0.717) is 28.0 Å². The first-order valence-corrected chi connectivity index (χ1v) is 17.3. The van der Waals surface area contributed by atoms with Gasteiger partial charge in [0.05, 0.1) is 27.3 Å². The van der Waals surface area contributed by atoms with Crippen LogP contribution in [0.1, 0.15) is 65.6 Å². The maximum Gasteiger partial charge on any atom is 0.407 e. The van der Waals surface area contributed by atoms with Crippen molar-refractivity contribution in [2.24, 2.45) is 0 Å². The van der Waals surface area contributed by atoms with Crippen molar-refractivity contribution in [2.75, 3.05) is 47.6 Å². The second kappa shape index (κ2) is 18.5. The third kappa shape index (κ3) is 12.7. The van der Waals surface area contributed by atoms with E-state index in [0.717, 1.165) is 0 Å². The molecule has 0 fully saturated rings. The fraction of sp³-hybridized carbons (Fsp3) is 0.541. The summed E-state index contributed by atoms with van der Waals surface area (Å²) < 4.78 is 33.9. The predicted molar refractivity (Wildman–Crippen MR) is 195 cm³/mol. The summed E-state index contributed by atoms with van der Waals surface area (Å²) in [5, 5.41) is 13.7. The average Bonchev–Trinajstić information content (AvgIpc) is 3.06. The zero-order valence-corrected chi connectivity index (χ0v) is 32.1. The van der Waals surface area contributed by atoms with Crippen molar-refractivity contribution in [2.45, 2.75) is 84.2 Å². The summed E-state index contributed by atoms with van der Waals surface area (Å²) in [5.74, 6) is -0.881. The Balaban J connectivity index is 2.15. The van der Waals surface area contributed by atoms with Gasteiger partial charge in [-0.25, -0.2) is 14.4 Å². The van der Waals surface area contributed by atoms with Gasteiger partial charge in [0.15, 0.2) is 11.5 Å². The highest BCUT2D eigenvalue weighted by atomic mass is 16.6.